The SMILES string of the molecule is CC(C)c1ccc(N=Cc2ccc3c(c2)[C@@H](C)CC(C)(C)N3C)cc1. The van der Waals surface area contributed by atoms with E-state index in [1.165, 1.54) is 28.8 Å². The molecule has 1 aliphatic rings. The maximum Gasteiger partial charge on any atom is 0.0630 e. The topological polar surface area (TPSA) is 15.6 Å². The van der Waals surface area contributed by atoms with Crippen molar-refractivity contribution in [3.05, 3.63) is 59.2 Å². The molecule has 1 aliphatic heterocycles. The number of anilines is 1. The van der Waals surface area contributed by atoms with E-state index >= 15 is 0 Å². The second kappa shape index (κ2) is 6.67. The van der Waals surface area contributed by atoms with Gasteiger partial charge in [-0.2, -0.15) is 0 Å². The second-order valence-electron chi connectivity index (χ2n) is 8.30. The molecule has 0 N–H and O–H groups in total. The van der Waals surface area contributed by atoms with Crippen LogP contribution in [0.5, 0.6) is 0 Å². The van der Waals surface area contributed by atoms with E-state index in [9.17, 15) is 0 Å². The van der Waals surface area contributed by atoms with Gasteiger partial charge in [0.25, 0.3) is 0 Å². The highest BCUT2D eigenvalue weighted by Gasteiger charge is 2.33. The predicted octanol–water partition coefficient (Wildman–Crippen LogP) is 6.28. The third kappa shape index (κ3) is 3.63. The summed E-state index contributed by atoms with van der Waals surface area (Å²) in [5, 5.41) is 0. The molecule has 0 aliphatic carbocycles. The molecule has 2 heteroatoms. The third-order valence-corrected chi connectivity index (χ3v) is 5.58. The van der Waals surface area contributed by atoms with Crippen LogP contribution in [0.3, 0.4) is 0 Å². The first-order valence-electron chi connectivity index (χ1n) is 9.30. The Hall–Kier alpha value is -2.09. The summed E-state index contributed by atoms with van der Waals surface area (Å²) in [6, 6.07) is 15.3. The lowest BCUT2D eigenvalue weighted by Gasteiger charge is -2.45. The zero-order valence-corrected chi connectivity index (χ0v) is 16.4. The van der Waals surface area contributed by atoms with Crippen LogP contribution < -0.4 is 4.90 Å². The molecule has 2 aromatic rings. The van der Waals surface area contributed by atoms with E-state index in [0.717, 1.165) is 5.69 Å². The Balaban J connectivity index is 1.84. The Kier molecular flexibility index (Phi) is 4.73. The number of hydrogen-bond acceptors (Lipinski definition) is 2. The van der Waals surface area contributed by atoms with Gasteiger partial charge in [0.2, 0.25) is 0 Å². The molecule has 1 heterocycles. The fraction of sp³-hybridized carbons (Fsp3) is 0.435. The first-order valence-corrected chi connectivity index (χ1v) is 9.30. The molecule has 0 saturated carbocycles. The fourth-order valence-electron chi connectivity index (χ4n) is 3.77. The van der Waals surface area contributed by atoms with Crippen LogP contribution in [0.2, 0.25) is 0 Å². The minimum absolute atomic E-state index is 0.209. The van der Waals surface area contributed by atoms with Crippen molar-refractivity contribution in [2.75, 3.05) is 11.9 Å². The van der Waals surface area contributed by atoms with Crippen molar-refractivity contribution in [3.8, 4) is 0 Å². The van der Waals surface area contributed by atoms with Crippen molar-refractivity contribution in [2.24, 2.45) is 4.99 Å². The summed E-state index contributed by atoms with van der Waals surface area (Å²) in [7, 11) is 2.20. The summed E-state index contributed by atoms with van der Waals surface area (Å²) < 4.78 is 0. The van der Waals surface area contributed by atoms with Crippen molar-refractivity contribution in [3.63, 3.8) is 0 Å². The van der Waals surface area contributed by atoms with Crippen LogP contribution in [0.25, 0.3) is 0 Å². The van der Waals surface area contributed by atoms with Gasteiger partial charge in [0.1, 0.15) is 0 Å². The Labute approximate surface area is 152 Å². The van der Waals surface area contributed by atoms with E-state index in [2.05, 4.69) is 94.0 Å². The summed E-state index contributed by atoms with van der Waals surface area (Å²) in [6.45, 7) is 11.4. The zero-order chi connectivity index (χ0) is 18.2. The molecule has 0 fully saturated rings. The Bertz CT molecular complexity index is 769. The van der Waals surface area contributed by atoms with Crippen LogP contribution in [-0.4, -0.2) is 18.8 Å². The molecule has 1 atom stereocenters. The zero-order valence-electron chi connectivity index (χ0n) is 16.4. The minimum Gasteiger partial charge on any atom is -0.369 e. The molecule has 0 saturated heterocycles. The van der Waals surface area contributed by atoms with Gasteiger partial charge >= 0.3 is 0 Å². The lowest BCUT2D eigenvalue weighted by Crippen LogP contribution is -2.45. The lowest BCUT2D eigenvalue weighted by atomic mass is 9.80. The molecule has 2 aromatic carbocycles. The molecule has 0 radical (unpaired) electrons. The van der Waals surface area contributed by atoms with E-state index < -0.39 is 0 Å². The van der Waals surface area contributed by atoms with E-state index in [1.54, 1.807) is 0 Å². The largest absolute Gasteiger partial charge is 0.369 e. The van der Waals surface area contributed by atoms with Crippen LogP contribution in [0.1, 0.15) is 69.6 Å². The van der Waals surface area contributed by atoms with Gasteiger partial charge < -0.3 is 4.90 Å². The number of fused-ring (bicyclic) bond motifs is 1. The predicted molar refractivity (Wildman–Crippen MR) is 110 cm³/mol. The normalized spacial score (nSPS) is 19.5. The molecule has 2 nitrogen and oxygen atoms in total. The average Bonchev–Trinajstić information content (AvgIpc) is 2.58. The molecular formula is C23H30N2. The van der Waals surface area contributed by atoms with Crippen molar-refractivity contribution >= 4 is 17.6 Å². The van der Waals surface area contributed by atoms with E-state index in [-0.39, 0.29) is 5.54 Å². The van der Waals surface area contributed by atoms with Gasteiger partial charge in [0.15, 0.2) is 0 Å². The highest BCUT2D eigenvalue weighted by Crippen LogP contribution is 2.42. The first-order chi connectivity index (χ1) is 11.8. The average molecular weight is 335 g/mol. The summed E-state index contributed by atoms with van der Waals surface area (Å²) in [4.78, 5) is 7.07. The van der Waals surface area contributed by atoms with Crippen LogP contribution in [0, 0.1) is 0 Å². The molecule has 25 heavy (non-hydrogen) atoms. The number of benzene rings is 2. The Morgan fingerprint density at radius 3 is 2.44 bits per heavy atom. The van der Waals surface area contributed by atoms with Crippen molar-refractivity contribution < 1.29 is 0 Å². The van der Waals surface area contributed by atoms with Crippen molar-refractivity contribution in [2.45, 2.75) is 58.4 Å². The standard InChI is InChI=1S/C23H30N2/c1-16(2)19-8-10-20(11-9-19)24-15-18-7-12-22-21(13-18)17(3)14-23(4,5)25(22)6/h7-13,15-17H,14H2,1-6H3/t17-/m0/s1. The molecular weight excluding hydrogens is 304 g/mol. The maximum absolute atomic E-state index is 4.66. The first kappa shape index (κ1) is 17.7. The monoisotopic (exact) mass is 334 g/mol. The van der Waals surface area contributed by atoms with Gasteiger partial charge in [0.05, 0.1) is 5.69 Å². The number of nitrogens with zero attached hydrogens (tertiary/aromatic N) is 2. The van der Waals surface area contributed by atoms with E-state index in [1.807, 2.05) is 6.21 Å². The second-order valence-corrected chi connectivity index (χ2v) is 8.30. The highest BCUT2D eigenvalue weighted by atomic mass is 15.2. The quantitative estimate of drug-likeness (QED) is 0.603. The van der Waals surface area contributed by atoms with Gasteiger partial charge in [-0.05, 0) is 73.1 Å². The molecule has 132 valence electrons. The highest BCUT2D eigenvalue weighted by molar-refractivity contribution is 5.83. The van der Waals surface area contributed by atoms with Crippen LogP contribution in [0.15, 0.2) is 47.5 Å². The molecule has 0 amide bonds. The number of rotatable bonds is 3. The van der Waals surface area contributed by atoms with Crippen molar-refractivity contribution in [1.29, 1.82) is 0 Å². The Morgan fingerprint density at radius 1 is 1.12 bits per heavy atom. The van der Waals surface area contributed by atoms with E-state index in [4.69, 9.17) is 0 Å². The Morgan fingerprint density at radius 2 is 1.80 bits per heavy atom. The summed E-state index contributed by atoms with van der Waals surface area (Å²) in [5.74, 6) is 1.13. The third-order valence-electron chi connectivity index (χ3n) is 5.58. The van der Waals surface area contributed by atoms with Crippen LogP contribution in [-0.2, 0) is 0 Å². The van der Waals surface area contributed by atoms with Gasteiger partial charge in [-0.1, -0.05) is 39.0 Å². The van der Waals surface area contributed by atoms with Crippen LogP contribution in [0.4, 0.5) is 11.4 Å². The van der Waals surface area contributed by atoms with Gasteiger partial charge in [-0.3, -0.25) is 4.99 Å². The van der Waals surface area contributed by atoms with Crippen LogP contribution >= 0.6 is 0 Å². The van der Waals surface area contributed by atoms with Gasteiger partial charge in [0, 0.05) is 24.5 Å². The maximum atomic E-state index is 4.66. The minimum atomic E-state index is 0.209. The summed E-state index contributed by atoms with van der Waals surface area (Å²) >= 11 is 0. The number of aliphatic imine (C=N–C) groups is 1. The molecule has 0 aromatic heterocycles. The molecule has 0 unspecified atom stereocenters. The van der Waals surface area contributed by atoms with Crippen molar-refractivity contribution in [1.82, 2.24) is 0 Å². The van der Waals surface area contributed by atoms with Gasteiger partial charge in [-0.25, -0.2) is 0 Å². The lowest BCUT2D eigenvalue weighted by molar-refractivity contribution is 0.395. The smallest absolute Gasteiger partial charge is 0.0630 e. The summed E-state index contributed by atoms with van der Waals surface area (Å²) in [5.41, 5.74) is 6.52. The number of hydrogen-bond donors (Lipinski definition) is 0. The van der Waals surface area contributed by atoms with Gasteiger partial charge in [-0.15, -0.1) is 0 Å². The molecule has 0 spiro atoms. The fourth-order valence-corrected chi connectivity index (χ4v) is 3.77. The van der Waals surface area contributed by atoms with E-state index in [0.29, 0.717) is 11.8 Å². The molecule has 0 bridgehead atoms. The summed E-state index contributed by atoms with van der Waals surface area (Å²) in [6.07, 6.45) is 3.16. The molecule has 3 rings (SSSR count).